The maximum absolute atomic E-state index is 12.1. The molecule has 0 bridgehead atoms. The second-order valence-electron chi connectivity index (χ2n) is 5.97. The molecule has 0 heterocycles. The Balaban J connectivity index is 1.85. The smallest absolute Gasteiger partial charge is 0.229 e. The molecule has 0 unspecified atom stereocenters. The Labute approximate surface area is 153 Å². The fraction of sp³-hybridized carbons (Fsp3) is 0.263. The van der Waals surface area contributed by atoms with Gasteiger partial charge in [0.1, 0.15) is 0 Å². The number of amides is 1. The summed E-state index contributed by atoms with van der Waals surface area (Å²) in [5, 5.41) is 2.69. The minimum absolute atomic E-state index is 0.0736. The van der Waals surface area contributed by atoms with Gasteiger partial charge in [0.2, 0.25) is 15.9 Å². The van der Waals surface area contributed by atoms with E-state index in [4.69, 9.17) is 0 Å². The summed E-state index contributed by atoms with van der Waals surface area (Å²) < 4.78 is 24.6. The molecule has 0 fully saturated rings. The zero-order valence-electron chi connectivity index (χ0n) is 14.8. The van der Waals surface area contributed by atoms with Crippen LogP contribution in [0.3, 0.4) is 0 Å². The summed E-state index contributed by atoms with van der Waals surface area (Å²) in [6.45, 7) is 2.05. The van der Waals surface area contributed by atoms with Gasteiger partial charge in [-0.15, -0.1) is 0 Å². The lowest BCUT2D eigenvalue weighted by molar-refractivity contribution is -0.116. The van der Waals surface area contributed by atoms with Gasteiger partial charge in [0.05, 0.1) is 6.26 Å². The monoisotopic (exact) mass is 374 g/mol. The lowest BCUT2D eigenvalue weighted by atomic mass is 10.0. The summed E-state index contributed by atoms with van der Waals surface area (Å²) in [6, 6.07) is 13.7. The third kappa shape index (κ3) is 6.33. The summed E-state index contributed by atoms with van der Waals surface area (Å²) in [5.74, 6) is -0.345. The van der Waals surface area contributed by atoms with Crippen LogP contribution < -0.4 is 10.0 Å². The van der Waals surface area contributed by atoms with Gasteiger partial charge >= 0.3 is 0 Å². The molecular formula is C19H22N2O4S. The first-order valence-electron chi connectivity index (χ1n) is 8.26. The van der Waals surface area contributed by atoms with Crippen molar-refractivity contribution in [1.82, 2.24) is 0 Å². The van der Waals surface area contributed by atoms with Crippen LogP contribution in [-0.4, -0.2) is 26.4 Å². The normalized spacial score (nSPS) is 11.0. The Morgan fingerprint density at radius 3 is 2.00 bits per heavy atom. The van der Waals surface area contributed by atoms with Gasteiger partial charge in [-0.05, 0) is 36.2 Å². The highest BCUT2D eigenvalue weighted by Gasteiger charge is 2.10. The van der Waals surface area contributed by atoms with Gasteiger partial charge in [0, 0.05) is 29.8 Å². The first-order valence-corrected chi connectivity index (χ1v) is 10.2. The molecule has 2 rings (SSSR count). The first-order chi connectivity index (χ1) is 12.3. The van der Waals surface area contributed by atoms with Crippen molar-refractivity contribution in [2.45, 2.75) is 26.2 Å². The molecule has 1 amide bonds. The van der Waals surface area contributed by atoms with Crippen LogP contribution in [0.1, 0.15) is 35.7 Å². The highest BCUT2D eigenvalue weighted by molar-refractivity contribution is 7.92. The number of benzene rings is 2. The van der Waals surface area contributed by atoms with E-state index < -0.39 is 10.0 Å². The lowest BCUT2D eigenvalue weighted by Crippen LogP contribution is -2.14. The number of carbonyl (C=O) groups is 2. The van der Waals surface area contributed by atoms with Crippen LogP contribution in [0.5, 0.6) is 0 Å². The van der Waals surface area contributed by atoms with E-state index in [2.05, 4.69) is 10.0 Å². The lowest BCUT2D eigenvalue weighted by Gasteiger charge is -2.07. The van der Waals surface area contributed by atoms with E-state index in [1.165, 1.54) is 0 Å². The fourth-order valence-corrected chi connectivity index (χ4v) is 2.92. The molecule has 138 valence electrons. The number of rotatable bonds is 8. The predicted molar refractivity (Wildman–Crippen MR) is 103 cm³/mol. The molecule has 7 heteroatoms. The van der Waals surface area contributed by atoms with Gasteiger partial charge in [-0.2, -0.15) is 0 Å². The Kier molecular flexibility index (Phi) is 6.52. The van der Waals surface area contributed by atoms with E-state index in [1.807, 2.05) is 19.1 Å². The van der Waals surface area contributed by atoms with Crippen molar-refractivity contribution < 1.29 is 18.0 Å². The number of sulfonamides is 1. The fourth-order valence-electron chi connectivity index (χ4n) is 2.36. The van der Waals surface area contributed by atoms with Crippen molar-refractivity contribution in [2.24, 2.45) is 0 Å². The van der Waals surface area contributed by atoms with Crippen molar-refractivity contribution in [3.05, 3.63) is 59.7 Å². The van der Waals surface area contributed by atoms with Crippen LogP contribution in [0.2, 0.25) is 0 Å². The molecule has 0 saturated carbocycles. The summed E-state index contributed by atoms with van der Waals surface area (Å²) in [4.78, 5) is 24.1. The van der Waals surface area contributed by atoms with Crippen molar-refractivity contribution in [3.8, 4) is 0 Å². The standard InChI is InChI=1S/C19H22N2O4S/c1-3-14-4-6-15(7-5-14)18(22)12-13-19(23)20-16-8-10-17(11-9-16)21-26(2,24)25/h4-11,21H,3,12-13H2,1-2H3,(H,20,23). The van der Waals surface area contributed by atoms with E-state index >= 15 is 0 Å². The minimum atomic E-state index is -3.34. The number of carbonyl (C=O) groups excluding carboxylic acids is 2. The number of hydrogen-bond acceptors (Lipinski definition) is 4. The quantitative estimate of drug-likeness (QED) is 0.694. The topological polar surface area (TPSA) is 92.3 Å². The van der Waals surface area contributed by atoms with Crippen molar-refractivity contribution in [2.75, 3.05) is 16.3 Å². The second kappa shape index (κ2) is 8.62. The molecule has 26 heavy (non-hydrogen) atoms. The predicted octanol–water partition coefficient (Wildman–Crippen LogP) is 3.22. The number of ketones is 1. The number of Topliss-reactive ketones (excluding diaryl/α,β-unsaturated/α-hetero) is 1. The Morgan fingerprint density at radius 2 is 1.46 bits per heavy atom. The van der Waals surface area contributed by atoms with Crippen molar-refractivity contribution in [3.63, 3.8) is 0 Å². The van der Waals surface area contributed by atoms with Gasteiger partial charge < -0.3 is 5.32 Å². The Hall–Kier alpha value is -2.67. The molecule has 2 aromatic carbocycles. The van der Waals surface area contributed by atoms with Crippen LogP contribution in [0, 0.1) is 0 Å². The average molecular weight is 374 g/mol. The highest BCUT2D eigenvalue weighted by Crippen LogP contribution is 2.15. The van der Waals surface area contributed by atoms with Gasteiger partial charge in [-0.25, -0.2) is 8.42 Å². The number of anilines is 2. The average Bonchev–Trinajstić information content (AvgIpc) is 2.60. The molecule has 0 aliphatic rings. The van der Waals surface area contributed by atoms with Gasteiger partial charge in [0.15, 0.2) is 5.78 Å². The third-order valence-electron chi connectivity index (χ3n) is 3.74. The number of aryl methyl sites for hydroxylation is 1. The Bertz CT molecular complexity index is 873. The molecule has 6 nitrogen and oxygen atoms in total. The van der Waals surface area contributed by atoms with E-state index in [1.54, 1.807) is 36.4 Å². The summed E-state index contributed by atoms with van der Waals surface area (Å²) >= 11 is 0. The second-order valence-corrected chi connectivity index (χ2v) is 7.72. The zero-order chi connectivity index (χ0) is 19.2. The van der Waals surface area contributed by atoms with E-state index in [0.29, 0.717) is 16.9 Å². The highest BCUT2D eigenvalue weighted by atomic mass is 32.2. The summed E-state index contributed by atoms with van der Waals surface area (Å²) in [6.07, 6.45) is 2.19. The van der Waals surface area contributed by atoms with Gasteiger partial charge in [0.25, 0.3) is 0 Å². The van der Waals surface area contributed by atoms with Crippen LogP contribution in [0.15, 0.2) is 48.5 Å². The third-order valence-corrected chi connectivity index (χ3v) is 4.34. The molecule has 2 aromatic rings. The Morgan fingerprint density at radius 1 is 0.885 bits per heavy atom. The summed E-state index contributed by atoms with van der Waals surface area (Å²) in [5.41, 5.74) is 2.71. The summed E-state index contributed by atoms with van der Waals surface area (Å²) in [7, 11) is -3.34. The molecule has 0 aromatic heterocycles. The first kappa shape index (κ1) is 19.7. The molecule has 0 aliphatic heterocycles. The number of hydrogen-bond donors (Lipinski definition) is 2. The minimum Gasteiger partial charge on any atom is -0.326 e. The molecule has 0 aliphatic carbocycles. The molecule has 0 spiro atoms. The van der Waals surface area contributed by atoms with Crippen LogP contribution in [0.25, 0.3) is 0 Å². The van der Waals surface area contributed by atoms with Crippen LogP contribution in [0.4, 0.5) is 11.4 Å². The van der Waals surface area contributed by atoms with Crippen LogP contribution in [-0.2, 0) is 21.2 Å². The SMILES string of the molecule is CCc1ccc(C(=O)CCC(=O)Nc2ccc(NS(C)(=O)=O)cc2)cc1. The van der Waals surface area contributed by atoms with E-state index in [9.17, 15) is 18.0 Å². The van der Waals surface area contributed by atoms with Gasteiger partial charge in [-0.3, -0.25) is 14.3 Å². The molecule has 0 saturated heterocycles. The van der Waals surface area contributed by atoms with Crippen molar-refractivity contribution in [1.29, 1.82) is 0 Å². The maximum Gasteiger partial charge on any atom is 0.229 e. The van der Waals surface area contributed by atoms with E-state index in [0.717, 1.165) is 18.2 Å². The molecular weight excluding hydrogens is 352 g/mol. The zero-order valence-corrected chi connectivity index (χ0v) is 15.6. The largest absolute Gasteiger partial charge is 0.326 e. The maximum atomic E-state index is 12.1. The molecule has 2 N–H and O–H groups in total. The molecule has 0 radical (unpaired) electrons. The molecule has 0 atom stereocenters. The van der Waals surface area contributed by atoms with Crippen molar-refractivity contribution >= 4 is 33.1 Å². The van der Waals surface area contributed by atoms with Crippen LogP contribution >= 0.6 is 0 Å². The van der Waals surface area contributed by atoms with E-state index in [-0.39, 0.29) is 24.5 Å². The number of nitrogens with one attached hydrogen (secondary N) is 2. The van der Waals surface area contributed by atoms with Gasteiger partial charge in [-0.1, -0.05) is 31.2 Å².